The molecule has 4 nitrogen and oxygen atoms in total. The van der Waals surface area contributed by atoms with Crippen LogP contribution in [0.5, 0.6) is 5.75 Å². The standard InChI is InChI=1S/C17H23N3O/c1-4-15-19-16(17(18)20(15)13-7-8-13)12-5-9-14(10-6-12)21-11(2)3/h5-6,9-11,13H,4,7-8,18H2,1-3H3. The summed E-state index contributed by atoms with van der Waals surface area (Å²) in [6.45, 7) is 6.18. The molecule has 2 aromatic rings. The first-order valence-electron chi connectivity index (χ1n) is 7.73. The second-order valence-electron chi connectivity index (χ2n) is 5.91. The van der Waals surface area contributed by atoms with Gasteiger partial charge in [0.05, 0.1) is 6.10 Å². The highest BCUT2D eigenvalue weighted by atomic mass is 16.5. The molecule has 1 fully saturated rings. The molecule has 0 bridgehead atoms. The first-order chi connectivity index (χ1) is 10.1. The third kappa shape index (κ3) is 2.75. The Labute approximate surface area is 125 Å². The second-order valence-corrected chi connectivity index (χ2v) is 5.91. The molecule has 3 rings (SSSR count). The number of aromatic nitrogens is 2. The van der Waals surface area contributed by atoms with Crippen LogP contribution in [0.1, 0.15) is 45.5 Å². The summed E-state index contributed by atoms with van der Waals surface area (Å²) in [5.74, 6) is 2.77. The quantitative estimate of drug-likeness (QED) is 0.908. The van der Waals surface area contributed by atoms with Crippen LogP contribution in [0.15, 0.2) is 24.3 Å². The lowest BCUT2D eigenvalue weighted by Gasteiger charge is -2.10. The summed E-state index contributed by atoms with van der Waals surface area (Å²) >= 11 is 0. The van der Waals surface area contributed by atoms with Gasteiger partial charge < -0.3 is 15.0 Å². The number of benzene rings is 1. The average molecular weight is 285 g/mol. The Morgan fingerprint density at radius 2 is 1.95 bits per heavy atom. The second kappa shape index (κ2) is 5.43. The predicted octanol–water partition coefficient (Wildman–Crippen LogP) is 3.82. The Balaban J connectivity index is 1.93. The van der Waals surface area contributed by atoms with Gasteiger partial charge in [0.2, 0.25) is 0 Å². The molecule has 0 unspecified atom stereocenters. The maximum atomic E-state index is 6.34. The number of hydrogen-bond acceptors (Lipinski definition) is 3. The molecular weight excluding hydrogens is 262 g/mol. The summed E-state index contributed by atoms with van der Waals surface area (Å²) in [5, 5.41) is 0. The molecule has 21 heavy (non-hydrogen) atoms. The molecular formula is C17H23N3O. The van der Waals surface area contributed by atoms with E-state index >= 15 is 0 Å². The number of imidazole rings is 1. The number of nitrogen functional groups attached to an aromatic ring is 1. The predicted molar refractivity (Wildman–Crippen MR) is 85.5 cm³/mol. The van der Waals surface area contributed by atoms with Crippen LogP contribution in [-0.2, 0) is 6.42 Å². The summed E-state index contributed by atoms with van der Waals surface area (Å²) < 4.78 is 7.89. The van der Waals surface area contributed by atoms with E-state index in [9.17, 15) is 0 Å². The first-order valence-corrected chi connectivity index (χ1v) is 7.73. The molecule has 1 aliphatic rings. The van der Waals surface area contributed by atoms with E-state index in [-0.39, 0.29) is 6.10 Å². The minimum absolute atomic E-state index is 0.182. The monoisotopic (exact) mass is 285 g/mol. The van der Waals surface area contributed by atoms with Crippen LogP contribution in [0.3, 0.4) is 0 Å². The molecule has 0 atom stereocenters. The van der Waals surface area contributed by atoms with E-state index in [1.54, 1.807) is 0 Å². The third-order valence-electron chi connectivity index (χ3n) is 3.75. The highest BCUT2D eigenvalue weighted by molar-refractivity contribution is 5.71. The molecule has 1 aromatic carbocycles. The molecule has 1 heterocycles. The molecule has 0 radical (unpaired) electrons. The van der Waals surface area contributed by atoms with Crippen molar-refractivity contribution in [2.45, 2.75) is 52.2 Å². The molecule has 4 heteroatoms. The maximum Gasteiger partial charge on any atom is 0.131 e. The number of nitrogens with two attached hydrogens (primary N) is 1. The SMILES string of the molecule is CCc1nc(-c2ccc(OC(C)C)cc2)c(N)n1C1CC1. The van der Waals surface area contributed by atoms with Crippen LogP contribution in [0, 0.1) is 0 Å². The lowest BCUT2D eigenvalue weighted by Crippen LogP contribution is -2.05. The number of hydrogen-bond donors (Lipinski definition) is 1. The van der Waals surface area contributed by atoms with E-state index < -0.39 is 0 Å². The number of anilines is 1. The van der Waals surface area contributed by atoms with Crippen molar-refractivity contribution in [1.82, 2.24) is 9.55 Å². The van der Waals surface area contributed by atoms with E-state index in [2.05, 4.69) is 11.5 Å². The number of aryl methyl sites for hydroxylation is 1. The van der Waals surface area contributed by atoms with Crippen LogP contribution in [0.25, 0.3) is 11.3 Å². The summed E-state index contributed by atoms with van der Waals surface area (Å²) in [4.78, 5) is 4.75. The van der Waals surface area contributed by atoms with Gasteiger partial charge in [-0.05, 0) is 51.0 Å². The van der Waals surface area contributed by atoms with Crippen molar-refractivity contribution in [2.24, 2.45) is 0 Å². The number of nitrogens with zero attached hydrogens (tertiary/aromatic N) is 2. The molecule has 0 amide bonds. The van der Waals surface area contributed by atoms with Gasteiger partial charge in [-0.25, -0.2) is 4.98 Å². The molecule has 112 valence electrons. The van der Waals surface area contributed by atoms with Crippen molar-refractivity contribution in [3.8, 4) is 17.0 Å². The van der Waals surface area contributed by atoms with Crippen LogP contribution >= 0.6 is 0 Å². The molecule has 0 aliphatic heterocycles. The smallest absolute Gasteiger partial charge is 0.131 e. The fourth-order valence-electron chi connectivity index (χ4n) is 2.66. The Hall–Kier alpha value is -1.97. The minimum Gasteiger partial charge on any atom is -0.491 e. The number of rotatable bonds is 5. The Morgan fingerprint density at radius 3 is 2.48 bits per heavy atom. The fourth-order valence-corrected chi connectivity index (χ4v) is 2.66. The van der Waals surface area contributed by atoms with E-state index in [1.807, 2.05) is 38.1 Å². The lowest BCUT2D eigenvalue weighted by atomic mass is 10.1. The molecule has 1 aromatic heterocycles. The lowest BCUT2D eigenvalue weighted by molar-refractivity contribution is 0.242. The van der Waals surface area contributed by atoms with Gasteiger partial charge in [0.1, 0.15) is 23.1 Å². The number of ether oxygens (including phenoxy) is 1. The van der Waals surface area contributed by atoms with Gasteiger partial charge in [-0.2, -0.15) is 0 Å². The van der Waals surface area contributed by atoms with Gasteiger partial charge in [-0.1, -0.05) is 6.92 Å². The van der Waals surface area contributed by atoms with Crippen molar-refractivity contribution in [3.05, 3.63) is 30.1 Å². The summed E-state index contributed by atoms with van der Waals surface area (Å²) in [7, 11) is 0. The highest BCUT2D eigenvalue weighted by Gasteiger charge is 2.29. The summed E-state index contributed by atoms with van der Waals surface area (Å²) in [6.07, 6.45) is 3.53. The van der Waals surface area contributed by atoms with Gasteiger partial charge in [-0.3, -0.25) is 0 Å². The largest absolute Gasteiger partial charge is 0.491 e. The van der Waals surface area contributed by atoms with Crippen molar-refractivity contribution in [2.75, 3.05) is 5.73 Å². The van der Waals surface area contributed by atoms with Crippen LogP contribution in [0.2, 0.25) is 0 Å². The molecule has 0 saturated heterocycles. The van der Waals surface area contributed by atoms with Gasteiger partial charge >= 0.3 is 0 Å². The van der Waals surface area contributed by atoms with Crippen LogP contribution in [-0.4, -0.2) is 15.7 Å². The van der Waals surface area contributed by atoms with Crippen molar-refractivity contribution >= 4 is 5.82 Å². The normalized spacial score (nSPS) is 14.7. The zero-order chi connectivity index (χ0) is 15.0. The van der Waals surface area contributed by atoms with E-state index in [1.165, 1.54) is 12.8 Å². The maximum absolute atomic E-state index is 6.34. The van der Waals surface area contributed by atoms with Gasteiger partial charge in [0.15, 0.2) is 0 Å². The topological polar surface area (TPSA) is 53.1 Å². The van der Waals surface area contributed by atoms with E-state index in [0.717, 1.165) is 35.1 Å². The first kappa shape index (κ1) is 14.0. The zero-order valence-electron chi connectivity index (χ0n) is 13.0. The van der Waals surface area contributed by atoms with E-state index in [4.69, 9.17) is 15.5 Å². The Bertz CT molecular complexity index is 624. The van der Waals surface area contributed by atoms with Crippen molar-refractivity contribution < 1.29 is 4.74 Å². The summed E-state index contributed by atoms with van der Waals surface area (Å²) in [5.41, 5.74) is 8.29. The molecule has 1 aliphatic carbocycles. The summed E-state index contributed by atoms with van der Waals surface area (Å²) in [6, 6.07) is 8.59. The Morgan fingerprint density at radius 1 is 1.29 bits per heavy atom. The molecule has 2 N–H and O–H groups in total. The average Bonchev–Trinajstić information content (AvgIpc) is 3.23. The highest BCUT2D eigenvalue weighted by Crippen LogP contribution is 2.41. The molecule has 0 spiro atoms. The van der Waals surface area contributed by atoms with Gasteiger partial charge in [-0.15, -0.1) is 0 Å². The van der Waals surface area contributed by atoms with Crippen molar-refractivity contribution in [1.29, 1.82) is 0 Å². The Kier molecular flexibility index (Phi) is 3.62. The fraction of sp³-hybridized carbons (Fsp3) is 0.471. The van der Waals surface area contributed by atoms with Crippen molar-refractivity contribution in [3.63, 3.8) is 0 Å². The zero-order valence-corrected chi connectivity index (χ0v) is 13.0. The minimum atomic E-state index is 0.182. The third-order valence-corrected chi connectivity index (χ3v) is 3.75. The van der Waals surface area contributed by atoms with Gasteiger partial charge in [0, 0.05) is 18.0 Å². The van der Waals surface area contributed by atoms with Crippen LogP contribution < -0.4 is 10.5 Å². The molecule has 1 saturated carbocycles. The van der Waals surface area contributed by atoms with E-state index in [0.29, 0.717) is 6.04 Å². The van der Waals surface area contributed by atoms with Crippen LogP contribution in [0.4, 0.5) is 5.82 Å². The van der Waals surface area contributed by atoms with Gasteiger partial charge in [0.25, 0.3) is 0 Å².